The molecule has 1 aliphatic heterocycles. The Bertz CT molecular complexity index is 1950. The average Bonchev–Trinajstić information content (AvgIpc) is 3.37. The van der Waals surface area contributed by atoms with Crippen LogP contribution in [0.1, 0.15) is 118 Å². The molecule has 21 N–H and O–H groups in total. The molecule has 0 aliphatic carbocycles. The highest BCUT2D eigenvalue weighted by Gasteiger charge is 2.36. The van der Waals surface area contributed by atoms with E-state index in [2.05, 4.69) is 65.4 Å². The maximum atomic E-state index is 14.3. The second-order valence-electron chi connectivity index (χ2n) is 19.7. The van der Waals surface area contributed by atoms with Gasteiger partial charge in [0, 0.05) is 13.0 Å². The smallest absolute Gasteiger partial charge is 0.245 e. The van der Waals surface area contributed by atoms with Gasteiger partial charge in [0.15, 0.2) is 0 Å². The van der Waals surface area contributed by atoms with E-state index < -0.39 is 151 Å². The van der Waals surface area contributed by atoms with Crippen molar-refractivity contribution in [1.29, 1.82) is 0 Å². The minimum Gasteiger partial charge on any atom is -0.391 e. The fourth-order valence-electron chi connectivity index (χ4n) is 8.03. The van der Waals surface area contributed by atoms with Gasteiger partial charge in [-0.15, -0.1) is 0 Å². The fraction of sp³-hybridized carbons (Fsp3) is 0.776. The molecule has 78 heavy (non-hydrogen) atoms. The summed E-state index contributed by atoms with van der Waals surface area (Å²) in [6, 6.07) is -12.9. The Hall–Kier alpha value is -5.72. The van der Waals surface area contributed by atoms with Crippen molar-refractivity contribution >= 4 is 76.7 Å². The first-order valence-electron chi connectivity index (χ1n) is 26.9. The summed E-state index contributed by atoms with van der Waals surface area (Å²) in [5.74, 6) is -9.31. The Morgan fingerprint density at radius 3 is 1.71 bits per heavy atom. The number of thioether (sulfide) groups is 1. The van der Waals surface area contributed by atoms with Crippen LogP contribution in [0.15, 0.2) is 0 Å². The molecule has 0 bridgehead atoms. The van der Waals surface area contributed by atoms with Crippen molar-refractivity contribution in [3.63, 3.8) is 0 Å². The molecule has 28 nitrogen and oxygen atoms in total. The Morgan fingerprint density at radius 1 is 0.615 bits per heavy atom. The Kier molecular flexibility index (Phi) is 35.0. The van der Waals surface area contributed by atoms with Gasteiger partial charge in [0.1, 0.15) is 54.4 Å². The molecule has 0 radical (unpaired) electrons. The molecule has 1 heterocycles. The zero-order chi connectivity index (χ0) is 58.9. The van der Waals surface area contributed by atoms with Crippen LogP contribution in [0, 0.1) is 5.92 Å². The summed E-state index contributed by atoms with van der Waals surface area (Å²) in [6.45, 7) is 6.55. The zero-order valence-corrected chi connectivity index (χ0v) is 47.0. The van der Waals surface area contributed by atoms with Crippen molar-refractivity contribution in [1.82, 2.24) is 58.5 Å². The topological polar surface area (TPSA) is 465 Å². The number of unbranched alkanes of at least 4 members (excludes halogenated alkanes) is 4. The number of carbonyl (C=O) groups is 11. The highest BCUT2D eigenvalue weighted by Crippen LogP contribution is 2.10. The first-order valence-corrected chi connectivity index (χ1v) is 28.3. The molecular weight excluding hydrogens is 1040 g/mol. The third-order valence-electron chi connectivity index (χ3n) is 12.4. The molecule has 0 unspecified atom stereocenters. The molecule has 446 valence electrons. The monoisotopic (exact) mass is 1130 g/mol. The summed E-state index contributed by atoms with van der Waals surface area (Å²) >= 11 is 1.30. The van der Waals surface area contributed by atoms with Gasteiger partial charge < -0.3 is 91.6 Å². The van der Waals surface area contributed by atoms with E-state index in [1.807, 2.05) is 0 Å². The van der Waals surface area contributed by atoms with Crippen molar-refractivity contribution in [2.24, 2.45) is 28.9 Å². The van der Waals surface area contributed by atoms with Crippen LogP contribution >= 0.6 is 11.8 Å². The maximum Gasteiger partial charge on any atom is 0.245 e. The van der Waals surface area contributed by atoms with Gasteiger partial charge in [-0.25, -0.2) is 0 Å². The predicted octanol–water partition coefficient (Wildman–Crippen LogP) is -5.70. The van der Waals surface area contributed by atoms with E-state index in [4.69, 9.17) is 22.9 Å². The highest BCUT2D eigenvalue weighted by atomic mass is 32.2. The molecule has 29 heteroatoms. The summed E-state index contributed by atoms with van der Waals surface area (Å²) in [5.41, 5.74) is 23.1. The summed E-state index contributed by atoms with van der Waals surface area (Å²) in [4.78, 5) is 150. The predicted molar refractivity (Wildman–Crippen MR) is 292 cm³/mol. The van der Waals surface area contributed by atoms with E-state index in [0.29, 0.717) is 6.42 Å². The van der Waals surface area contributed by atoms with E-state index in [1.54, 1.807) is 20.1 Å². The molecule has 1 fully saturated rings. The number of rotatable bonds is 28. The van der Waals surface area contributed by atoms with Gasteiger partial charge in [-0.1, -0.05) is 46.5 Å². The van der Waals surface area contributed by atoms with Crippen molar-refractivity contribution in [2.45, 2.75) is 185 Å². The lowest BCUT2D eigenvalue weighted by Gasteiger charge is -2.28. The van der Waals surface area contributed by atoms with E-state index >= 15 is 0 Å². The maximum absolute atomic E-state index is 14.3. The lowest BCUT2D eigenvalue weighted by molar-refractivity contribution is -0.136. The van der Waals surface area contributed by atoms with Gasteiger partial charge in [0.05, 0.1) is 18.8 Å². The lowest BCUT2D eigenvalue weighted by Crippen LogP contribution is -2.61. The minimum absolute atomic E-state index is 0.00436. The van der Waals surface area contributed by atoms with E-state index in [1.165, 1.54) is 25.6 Å². The van der Waals surface area contributed by atoms with Crippen LogP contribution in [0.25, 0.3) is 0 Å². The fourth-order valence-corrected chi connectivity index (χ4v) is 8.50. The lowest BCUT2D eigenvalue weighted by atomic mass is 10.0. The zero-order valence-electron chi connectivity index (χ0n) is 46.2. The minimum atomic E-state index is -1.66. The van der Waals surface area contributed by atoms with Gasteiger partial charge in [0.2, 0.25) is 65.0 Å². The first kappa shape index (κ1) is 70.3. The Labute approximate surface area is 461 Å². The van der Waals surface area contributed by atoms with Crippen LogP contribution in [-0.4, -0.2) is 193 Å². The molecule has 1 saturated heterocycles. The van der Waals surface area contributed by atoms with E-state index in [9.17, 15) is 63.0 Å². The normalized spacial score (nSPS) is 22.6. The molecule has 11 amide bonds. The van der Waals surface area contributed by atoms with Gasteiger partial charge >= 0.3 is 0 Å². The number of carbonyl (C=O) groups excluding carboxylic acids is 11. The Balaban J connectivity index is 3.69. The van der Waals surface area contributed by atoms with Crippen molar-refractivity contribution in [2.75, 3.05) is 51.3 Å². The summed E-state index contributed by atoms with van der Waals surface area (Å²) in [6.07, 6.45) is 2.41. The molecule has 0 aromatic carbocycles. The second-order valence-corrected chi connectivity index (χ2v) is 20.7. The molecule has 1 rings (SSSR count). The van der Waals surface area contributed by atoms with E-state index in [0.717, 1.165) is 25.7 Å². The number of hydrogen-bond donors (Lipinski definition) is 17. The molecule has 0 spiro atoms. The molecule has 0 aromatic heterocycles. The number of amides is 11. The SMILES string of the molecule is CCCCCCCC(=O)N[C@@H](CCN)C(=O)N[C@H](C(=O)N[C@@H](CCSC)C(=O)N[C@H]1CCNC(=O)[C@H]([C@@H](C)O)NC(=O)[C@H](CCN)NC(=O)[C@H](CCN)NC(=O)[C@H](CC(C)C)NC(=O)CNC(=O)[C@H](CCN)NC1=O)[C@@H](C)O. The van der Waals surface area contributed by atoms with Crippen LogP contribution < -0.4 is 81.4 Å². The summed E-state index contributed by atoms with van der Waals surface area (Å²) in [5, 5.41) is 49.1. The molecule has 1 aliphatic rings. The van der Waals surface area contributed by atoms with Crippen LogP contribution in [0.2, 0.25) is 0 Å². The Morgan fingerprint density at radius 2 is 1.17 bits per heavy atom. The van der Waals surface area contributed by atoms with Crippen LogP contribution in [0.5, 0.6) is 0 Å². The average molecular weight is 1130 g/mol. The van der Waals surface area contributed by atoms with Crippen LogP contribution in [0.3, 0.4) is 0 Å². The van der Waals surface area contributed by atoms with Gasteiger partial charge in [-0.2, -0.15) is 11.8 Å². The van der Waals surface area contributed by atoms with E-state index in [-0.39, 0.29) is 82.8 Å². The van der Waals surface area contributed by atoms with Crippen LogP contribution in [0.4, 0.5) is 0 Å². The molecule has 0 aromatic rings. The quantitative estimate of drug-likeness (QED) is 0.0325. The highest BCUT2D eigenvalue weighted by molar-refractivity contribution is 7.98. The van der Waals surface area contributed by atoms with Crippen molar-refractivity contribution in [3.8, 4) is 0 Å². The second kappa shape index (κ2) is 38.8. The van der Waals surface area contributed by atoms with Crippen molar-refractivity contribution < 1.29 is 63.0 Å². The molecule has 0 saturated carbocycles. The number of hydrogen-bond acceptors (Lipinski definition) is 18. The number of nitrogens with two attached hydrogens (primary N) is 4. The summed E-state index contributed by atoms with van der Waals surface area (Å²) in [7, 11) is 0. The van der Waals surface area contributed by atoms with Crippen LogP contribution in [-0.2, 0) is 52.7 Å². The number of aliphatic hydroxyl groups is 2. The third kappa shape index (κ3) is 26.8. The third-order valence-corrected chi connectivity index (χ3v) is 13.0. The number of nitrogens with one attached hydrogen (secondary N) is 11. The van der Waals surface area contributed by atoms with Gasteiger partial charge in [-0.05, 0) is 109 Å². The molecule has 11 atom stereocenters. The van der Waals surface area contributed by atoms with Crippen molar-refractivity contribution in [3.05, 3.63) is 0 Å². The molecular formula is C49H91N15O13S. The standard InChI is InChI=1S/C49H91N15O13S/c1-7-8-9-10-11-12-37(67)56-31(14-20-51)45(73)64-40(29(5)66)49(77)62-35(18-24-78-6)44(72)61-34-17-23-54-48(76)39(28(4)65)63-46(74)33(16-22-53)59-42(70)32(15-21-52)60-47(75)36(25-27(2)3)57-38(68)26-55-41(69)30(13-19-50)58-43(34)71/h27-36,39-40,65-66H,7-26,50-53H2,1-6H3,(H,54,76)(H,55,69)(H,56,67)(H,57,68)(H,58,71)(H,59,70)(H,60,75)(H,61,72)(H,62,77)(H,63,74)(H,64,73)/t28-,29-,30+,31+,32+,33+,34+,35+,36+,39+,40+/m1/s1. The summed E-state index contributed by atoms with van der Waals surface area (Å²) < 4.78 is 0. The first-order chi connectivity index (χ1) is 37.0. The van der Waals surface area contributed by atoms with Gasteiger partial charge in [-0.3, -0.25) is 52.7 Å². The largest absolute Gasteiger partial charge is 0.391 e. The number of aliphatic hydroxyl groups excluding tert-OH is 2. The van der Waals surface area contributed by atoms with Gasteiger partial charge in [0.25, 0.3) is 0 Å².